The van der Waals surface area contributed by atoms with Crippen LogP contribution in [-0.4, -0.2) is 80.8 Å². The molecular formula is C17H25N7O. The molecule has 2 fully saturated rings. The van der Waals surface area contributed by atoms with Crippen LogP contribution < -0.4 is 4.90 Å². The molecule has 2 aliphatic rings. The minimum Gasteiger partial charge on any atom is -0.350 e. The second-order valence-electron chi connectivity index (χ2n) is 7.01. The van der Waals surface area contributed by atoms with Gasteiger partial charge in [-0.15, -0.1) is 15.3 Å². The number of carbonyl (C=O) groups is 1. The number of amides is 1. The van der Waals surface area contributed by atoms with Crippen molar-refractivity contribution in [1.29, 1.82) is 0 Å². The molecule has 0 saturated carbocycles. The molecule has 0 radical (unpaired) electrons. The van der Waals surface area contributed by atoms with Crippen LogP contribution in [0.4, 0.5) is 5.82 Å². The van der Waals surface area contributed by atoms with Gasteiger partial charge in [-0.05, 0) is 38.4 Å². The predicted molar refractivity (Wildman–Crippen MR) is 94.5 cm³/mol. The Morgan fingerprint density at radius 3 is 2.92 bits per heavy atom. The zero-order chi connectivity index (χ0) is 17.2. The highest BCUT2D eigenvalue weighted by molar-refractivity contribution is 5.77. The molecule has 1 amide bonds. The molecule has 25 heavy (non-hydrogen) atoms. The predicted octanol–water partition coefficient (Wildman–Crippen LogP) is 0.647. The van der Waals surface area contributed by atoms with Crippen LogP contribution in [-0.2, 0) is 4.79 Å². The lowest BCUT2D eigenvalue weighted by Gasteiger charge is -2.40. The average Bonchev–Trinajstić information content (AvgIpc) is 3.23. The number of rotatable bonds is 5. The molecule has 134 valence electrons. The van der Waals surface area contributed by atoms with Crippen LogP contribution in [0.25, 0.3) is 5.65 Å². The van der Waals surface area contributed by atoms with E-state index in [0.29, 0.717) is 11.9 Å². The van der Waals surface area contributed by atoms with Crippen LogP contribution in [0.5, 0.6) is 0 Å². The normalized spacial score (nSPS) is 22.3. The third-order valence-corrected chi connectivity index (χ3v) is 5.23. The summed E-state index contributed by atoms with van der Waals surface area (Å²) in [4.78, 5) is 18.5. The van der Waals surface area contributed by atoms with Crippen molar-refractivity contribution in [3.8, 4) is 0 Å². The lowest BCUT2D eigenvalue weighted by Crippen LogP contribution is -2.52. The Bertz CT molecular complexity index is 745. The standard InChI is InChI=1S/C17H25N7O/c1-14-12-21(7-3-9-22-8-2-4-17(22)25)10-11-23(14)16-6-5-15-19-18-13-24(15)20-16/h5-6,13-14H,2-4,7-12H2,1H3/t14-/m1/s1. The van der Waals surface area contributed by atoms with E-state index < -0.39 is 0 Å². The highest BCUT2D eigenvalue weighted by Gasteiger charge is 2.25. The first-order valence-corrected chi connectivity index (χ1v) is 9.14. The first-order valence-electron chi connectivity index (χ1n) is 9.14. The number of aromatic nitrogens is 4. The zero-order valence-electron chi connectivity index (χ0n) is 14.7. The molecule has 2 aliphatic heterocycles. The maximum Gasteiger partial charge on any atom is 0.222 e. The molecule has 2 saturated heterocycles. The Hall–Kier alpha value is -2.22. The van der Waals surface area contributed by atoms with E-state index in [1.807, 2.05) is 17.0 Å². The summed E-state index contributed by atoms with van der Waals surface area (Å²) >= 11 is 0. The summed E-state index contributed by atoms with van der Waals surface area (Å²) in [5, 5.41) is 12.5. The van der Waals surface area contributed by atoms with Crippen molar-refractivity contribution in [3.05, 3.63) is 18.5 Å². The highest BCUT2D eigenvalue weighted by atomic mass is 16.2. The molecular weight excluding hydrogens is 318 g/mol. The molecule has 0 spiro atoms. The third kappa shape index (κ3) is 3.44. The first kappa shape index (κ1) is 16.3. The molecule has 0 N–H and O–H groups in total. The van der Waals surface area contributed by atoms with Crippen molar-refractivity contribution in [1.82, 2.24) is 29.6 Å². The Morgan fingerprint density at radius 2 is 2.12 bits per heavy atom. The summed E-state index contributed by atoms with van der Waals surface area (Å²) in [6.07, 6.45) is 4.46. The Kier molecular flexibility index (Phi) is 4.52. The van der Waals surface area contributed by atoms with Crippen LogP contribution in [0.2, 0.25) is 0 Å². The van der Waals surface area contributed by atoms with Gasteiger partial charge in [0.25, 0.3) is 0 Å². The van der Waals surface area contributed by atoms with Crippen LogP contribution >= 0.6 is 0 Å². The Balaban J connectivity index is 1.30. The molecule has 1 atom stereocenters. The monoisotopic (exact) mass is 343 g/mol. The van der Waals surface area contributed by atoms with Crippen LogP contribution in [0.3, 0.4) is 0 Å². The van der Waals surface area contributed by atoms with E-state index in [-0.39, 0.29) is 0 Å². The summed E-state index contributed by atoms with van der Waals surface area (Å²) in [7, 11) is 0. The summed E-state index contributed by atoms with van der Waals surface area (Å²) in [6.45, 7) is 8.16. The second-order valence-corrected chi connectivity index (χ2v) is 7.01. The molecule has 0 unspecified atom stereocenters. The Morgan fingerprint density at radius 1 is 1.20 bits per heavy atom. The van der Waals surface area contributed by atoms with Crippen LogP contribution in [0, 0.1) is 0 Å². The Labute approximate surface area is 147 Å². The van der Waals surface area contributed by atoms with E-state index in [1.54, 1.807) is 10.8 Å². The lowest BCUT2D eigenvalue weighted by atomic mass is 10.2. The van der Waals surface area contributed by atoms with Gasteiger partial charge in [-0.25, -0.2) is 0 Å². The van der Waals surface area contributed by atoms with Gasteiger partial charge >= 0.3 is 0 Å². The van der Waals surface area contributed by atoms with Crippen LogP contribution in [0.15, 0.2) is 18.5 Å². The van der Waals surface area contributed by atoms with Gasteiger partial charge in [0.2, 0.25) is 5.91 Å². The number of fused-ring (bicyclic) bond motifs is 1. The lowest BCUT2D eigenvalue weighted by molar-refractivity contribution is -0.127. The molecule has 8 heteroatoms. The molecule has 0 bridgehead atoms. The number of likely N-dealkylation sites (tertiary alicyclic amines) is 1. The molecule has 2 aromatic rings. The number of nitrogens with zero attached hydrogens (tertiary/aromatic N) is 7. The van der Waals surface area contributed by atoms with Gasteiger partial charge in [0.05, 0.1) is 0 Å². The maximum absolute atomic E-state index is 11.7. The van der Waals surface area contributed by atoms with Crippen molar-refractivity contribution in [2.45, 2.75) is 32.2 Å². The smallest absolute Gasteiger partial charge is 0.222 e. The summed E-state index contributed by atoms with van der Waals surface area (Å²) < 4.78 is 1.72. The minimum absolute atomic E-state index is 0.327. The first-order chi connectivity index (χ1) is 12.2. The quantitative estimate of drug-likeness (QED) is 0.794. The number of hydrogen-bond acceptors (Lipinski definition) is 6. The second kappa shape index (κ2) is 6.95. The van der Waals surface area contributed by atoms with Gasteiger partial charge in [-0.3, -0.25) is 9.69 Å². The van der Waals surface area contributed by atoms with E-state index in [4.69, 9.17) is 0 Å². The van der Waals surface area contributed by atoms with Crippen molar-refractivity contribution < 1.29 is 4.79 Å². The number of hydrogen-bond donors (Lipinski definition) is 0. The largest absolute Gasteiger partial charge is 0.350 e. The molecule has 0 aliphatic carbocycles. The maximum atomic E-state index is 11.7. The zero-order valence-corrected chi connectivity index (χ0v) is 14.7. The van der Waals surface area contributed by atoms with E-state index >= 15 is 0 Å². The number of anilines is 1. The SMILES string of the molecule is C[C@@H]1CN(CCCN2CCCC2=O)CCN1c1ccc2nncn2n1. The van der Waals surface area contributed by atoms with Crippen molar-refractivity contribution >= 4 is 17.4 Å². The molecule has 8 nitrogen and oxygen atoms in total. The molecule has 0 aromatic carbocycles. The number of piperazine rings is 1. The van der Waals surface area contributed by atoms with Gasteiger partial charge in [0, 0.05) is 45.2 Å². The van der Waals surface area contributed by atoms with Crippen molar-refractivity contribution in [3.63, 3.8) is 0 Å². The van der Waals surface area contributed by atoms with E-state index in [9.17, 15) is 4.79 Å². The topological polar surface area (TPSA) is 69.9 Å². The third-order valence-electron chi connectivity index (χ3n) is 5.23. The summed E-state index contributed by atoms with van der Waals surface area (Å²) in [6, 6.07) is 4.39. The van der Waals surface area contributed by atoms with Gasteiger partial charge in [0.1, 0.15) is 12.1 Å². The number of carbonyl (C=O) groups excluding carboxylic acids is 1. The van der Waals surface area contributed by atoms with E-state index in [2.05, 4.69) is 32.0 Å². The fraction of sp³-hybridized carbons (Fsp3) is 0.647. The van der Waals surface area contributed by atoms with Crippen molar-refractivity contribution in [2.24, 2.45) is 0 Å². The molecule has 4 heterocycles. The van der Waals surface area contributed by atoms with E-state index in [0.717, 1.165) is 70.0 Å². The van der Waals surface area contributed by atoms with Gasteiger partial charge in [-0.2, -0.15) is 4.52 Å². The van der Waals surface area contributed by atoms with Gasteiger partial charge in [0.15, 0.2) is 5.65 Å². The fourth-order valence-corrected chi connectivity index (χ4v) is 3.87. The van der Waals surface area contributed by atoms with Crippen LogP contribution in [0.1, 0.15) is 26.2 Å². The average molecular weight is 343 g/mol. The van der Waals surface area contributed by atoms with Crippen molar-refractivity contribution in [2.75, 3.05) is 44.2 Å². The minimum atomic E-state index is 0.327. The molecule has 2 aromatic heterocycles. The summed E-state index contributed by atoms with van der Waals surface area (Å²) in [5.41, 5.74) is 0.770. The van der Waals surface area contributed by atoms with Gasteiger partial charge < -0.3 is 9.80 Å². The van der Waals surface area contributed by atoms with E-state index in [1.165, 1.54) is 0 Å². The fourth-order valence-electron chi connectivity index (χ4n) is 3.87. The summed E-state index contributed by atoms with van der Waals surface area (Å²) in [5.74, 6) is 1.30. The van der Waals surface area contributed by atoms with Gasteiger partial charge in [-0.1, -0.05) is 0 Å². The molecule has 4 rings (SSSR count). The highest BCUT2D eigenvalue weighted by Crippen LogP contribution is 2.19.